The maximum absolute atomic E-state index is 3.75. The van der Waals surface area contributed by atoms with Gasteiger partial charge in [-0.25, -0.2) is 0 Å². The zero-order chi connectivity index (χ0) is 12.8. The van der Waals surface area contributed by atoms with Crippen molar-refractivity contribution in [1.82, 2.24) is 10.6 Å². The third-order valence-corrected chi connectivity index (χ3v) is 4.00. The molecule has 0 radical (unpaired) electrons. The summed E-state index contributed by atoms with van der Waals surface area (Å²) in [6.07, 6.45) is 3.79. The Labute approximate surface area is 111 Å². The third-order valence-electron chi connectivity index (χ3n) is 4.00. The van der Waals surface area contributed by atoms with E-state index in [1.807, 2.05) is 0 Å². The van der Waals surface area contributed by atoms with E-state index in [1.165, 1.54) is 37.1 Å². The zero-order valence-electron chi connectivity index (χ0n) is 11.7. The van der Waals surface area contributed by atoms with Crippen molar-refractivity contribution in [3.63, 3.8) is 0 Å². The Bertz CT molecular complexity index is 339. The van der Waals surface area contributed by atoms with E-state index in [2.05, 4.69) is 48.7 Å². The van der Waals surface area contributed by atoms with Crippen LogP contribution in [0.3, 0.4) is 0 Å². The van der Waals surface area contributed by atoms with Gasteiger partial charge in [-0.1, -0.05) is 36.8 Å². The molecule has 2 nitrogen and oxygen atoms in total. The van der Waals surface area contributed by atoms with Crippen molar-refractivity contribution in [2.45, 2.75) is 39.2 Å². The summed E-state index contributed by atoms with van der Waals surface area (Å²) in [4.78, 5) is 0. The molecule has 1 atom stereocenters. The van der Waals surface area contributed by atoms with Crippen LogP contribution in [0.5, 0.6) is 0 Å². The normalized spacial score (nSPS) is 18.8. The topological polar surface area (TPSA) is 24.1 Å². The van der Waals surface area contributed by atoms with Gasteiger partial charge in [0.15, 0.2) is 0 Å². The molecule has 0 bridgehead atoms. The fraction of sp³-hybridized carbons (Fsp3) is 0.625. The second kappa shape index (κ2) is 6.91. The molecule has 1 aliphatic rings. The molecule has 0 amide bonds. The molecule has 1 saturated heterocycles. The first-order valence-electron chi connectivity index (χ1n) is 7.30. The molecule has 0 aliphatic carbocycles. The van der Waals surface area contributed by atoms with E-state index in [-0.39, 0.29) is 0 Å². The highest BCUT2D eigenvalue weighted by atomic mass is 14.9. The molecule has 1 fully saturated rings. The van der Waals surface area contributed by atoms with Crippen LogP contribution >= 0.6 is 0 Å². The Balaban J connectivity index is 1.86. The molecule has 2 N–H and O–H groups in total. The lowest BCUT2D eigenvalue weighted by molar-refractivity contribution is 0.338. The molecular formula is C16H26N2. The number of piperidine rings is 1. The second-order valence-corrected chi connectivity index (χ2v) is 5.47. The quantitative estimate of drug-likeness (QED) is 0.834. The first-order chi connectivity index (χ1) is 8.79. The largest absolute Gasteiger partial charge is 0.317 e. The fourth-order valence-corrected chi connectivity index (χ4v) is 2.69. The molecule has 1 aliphatic heterocycles. The van der Waals surface area contributed by atoms with Gasteiger partial charge in [-0.2, -0.15) is 0 Å². The number of hydrogen-bond donors (Lipinski definition) is 2. The average Bonchev–Trinajstić information content (AvgIpc) is 2.42. The highest BCUT2D eigenvalue weighted by Gasteiger charge is 2.15. The van der Waals surface area contributed by atoms with Crippen LogP contribution in [0, 0.1) is 12.8 Å². The lowest BCUT2D eigenvalue weighted by Gasteiger charge is -2.26. The molecule has 0 aromatic heterocycles. The molecule has 1 unspecified atom stereocenters. The first-order valence-corrected chi connectivity index (χ1v) is 7.30. The zero-order valence-corrected chi connectivity index (χ0v) is 11.7. The molecule has 0 saturated carbocycles. The minimum atomic E-state index is 0.514. The van der Waals surface area contributed by atoms with E-state index in [1.54, 1.807) is 0 Å². The summed E-state index contributed by atoms with van der Waals surface area (Å²) in [5, 5.41) is 7.17. The average molecular weight is 246 g/mol. The summed E-state index contributed by atoms with van der Waals surface area (Å²) in [5.41, 5.74) is 2.77. The van der Waals surface area contributed by atoms with Crippen LogP contribution in [0.2, 0.25) is 0 Å². The van der Waals surface area contributed by atoms with Gasteiger partial charge in [0, 0.05) is 6.04 Å². The summed E-state index contributed by atoms with van der Waals surface area (Å²) in [7, 11) is 0. The van der Waals surface area contributed by atoms with Crippen molar-refractivity contribution >= 4 is 0 Å². The van der Waals surface area contributed by atoms with E-state index in [9.17, 15) is 0 Å². The van der Waals surface area contributed by atoms with Gasteiger partial charge >= 0.3 is 0 Å². The number of benzene rings is 1. The smallest absolute Gasteiger partial charge is 0.0317 e. The van der Waals surface area contributed by atoms with Crippen LogP contribution in [0.4, 0.5) is 0 Å². The maximum atomic E-state index is 3.75. The van der Waals surface area contributed by atoms with Crippen LogP contribution in [0.15, 0.2) is 24.3 Å². The van der Waals surface area contributed by atoms with Gasteiger partial charge in [0.05, 0.1) is 0 Å². The van der Waals surface area contributed by atoms with Crippen LogP contribution in [0.25, 0.3) is 0 Å². The molecule has 18 heavy (non-hydrogen) atoms. The second-order valence-electron chi connectivity index (χ2n) is 5.47. The van der Waals surface area contributed by atoms with Crippen molar-refractivity contribution in [2.24, 2.45) is 5.92 Å². The lowest BCUT2D eigenvalue weighted by atomic mass is 9.96. The van der Waals surface area contributed by atoms with Gasteiger partial charge in [-0.05, 0) is 57.3 Å². The predicted octanol–water partition coefficient (Wildman–Crippen LogP) is 3.04. The number of aryl methyl sites for hydroxylation is 1. The molecular weight excluding hydrogens is 220 g/mol. The van der Waals surface area contributed by atoms with Crippen molar-refractivity contribution < 1.29 is 0 Å². The summed E-state index contributed by atoms with van der Waals surface area (Å²) in [6.45, 7) is 7.95. The Hall–Kier alpha value is -0.860. The lowest BCUT2D eigenvalue weighted by Crippen LogP contribution is -2.34. The predicted molar refractivity (Wildman–Crippen MR) is 77.8 cm³/mol. The van der Waals surface area contributed by atoms with Crippen LogP contribution in [-0.2, 0) is 0 Å². The van der Waals surface area contributed by atoms with Gasteiger partial charge in [0.25, 0.3) is 0 Å². The third kappa shape index (κ3) is 3.82. The summed E-state index contributed by atoms with van der Waals surface area (Å²) in [6, 6.07) is 9.46. The van der Waals surface area contributed by atoms with Crippen molar-refractivity contribution in [3.05, 3.63) is 35.4 Å². The Morgan fingerprint density at radius 1 is 1.22 bits per heavy atom. The van der Waals surface area contributed by atoms with Gasteiger partial charge in [-0.3, -0.25) is 0 Å². The molecule has 1 aromatic rings. The van der Waals surface area contributed by atoms with E-state index in [0.717, 1.165) is 18.9 Å². The fourth-order valence-electron chi connectivity index (χ4n) is 2.69. The van der Waals surface area contributed by atoms with Gasteiger partial charge in [0.1, 0.15) is 0 Å². The Morgan fingerprint density at radius 2 is 1.89 bits per heavy atom. The van der Waals surface area contributed by atoms with Crippen LogP contribution in [-0.4, -0.2) is 19.6 Å². The SMILES string of the molecule is CCC(NCC1CCNCC1)c1ccc(C)cc1. The Kier molecular flexibility index (Phi) is 5.21. The molecule has 1 aromatic carbocycles. The molecule has 100 valence electrons. The van der Waals surface area contributed by atoms with Crippen LogP contribution < -0.4 is 10.6 Å². The monoisotopic (exact) mass is 246 g/mol. The van der Waals surface area contributed by atoms with Crippen molar-refractivity contribution in [3.8, 4) is 0 Å². The minimum Gasteiger partial charge on any atom is -0.317 e. The molecule has 0 spiro atoms. The Morgan fingerprint density at radius 3 is 2.50 bits per heavy atom. The number of rotatable bonds is 5. The maximum Gasteiger partial charge on any atom is 0.0317 e. The highest BCUT2D eigenvalue weighted by molar-refractivity contribution is 5.24. The molecule has 1 heterocycles. The van der Waals surface area contributed by atoms with Crippen molar-refractivity contribution in [2.75, 3.05) is 19.6 Å². The number of nitrogens with one attached hydrogen (secondary N) is 2. The van der Waals surface area contributed by atoms with Gasteiger partial charge in [0.2, 0.25) is 0 Å². The standard InChI is InChI=1S/C16H26N2/c1-3-16(15-6-4-13(2)5-7-15)18-12-14-8-10-17-11-9-14/h4-7,14,16-18H,3,8-12H2,1-2H3. The van der Waals surface area contributed by atoms with Gasteiger partial charge in [-0.15, -0.1) is 0 Å². The molecule has 2 heteroatoms. The highest BCUT2D eigenvalue weighted by Crippen LogP contribution is 2.19. The molecule has 2 rings (SSSR count). The summed E-state index contributed by atoms with van der Waals surface area (Å²) >= 11 is 0. The first kappa shape index (κ1) is 13.6. The number of hydrogen-bond acceptors (Lipinski definition) is 2. The summed E-state index contributed by atoms with van der Waals surface area (Å²) < 4.78 is 0. The minimum absolute atomic E-state index is 0.514. The van der Waals surface area contributed by atoms with Crippen LogP contribution in [0.1, 0.15) is 43.4 Å². The van der Waals surface area contributed by atoms with E-state index in [0.29, 0.717) is 6.04 Å². The van der Waals surface area contributed by atoms with E-state index >= 15 is 0 Å². The van der Waals surface area contributed by atoms with E-state index in [4.69, 9.17) is 0 Å². The summed E-state index contributed by atoms with van der Waals surface area (Å²) in [5.74, 6) is 0.853. The van der Waals surface area contributed by atoms with Gasteiger partial charge < -0.3 is 10.6 Å². The van der Waals surface area contributed by atoms with Crippen molar-refractivity contribution in [1.29, 1.82) is 0 Å². The van der Waals surface area contributed by atoms with E-state index < -0.39 is 0 Å².